The summed E-state index contributed by atoms with van der Waals surface area (Å²) in [6.45, 7) is 5.29. The Bertz CT molecular complexity index is 219. The van der Waals surface area contributed by atoms with Crippen LogP contribution in [0.1, 0.15) is 46.0 Å². The third kappa shape index (κ3) is 3.99. The van der Waals surface area contributed by atoms with E-state index in [9.17, 15) is 4.79 Å². The lowest BCUT2D eigenvalue weighted by molar-refractivity contribution is -0.396. The molecule has 1 fully saturated rings. The number of aliphatic carboxylic acids is 1. The summed E-state index contributed by atoms with van der Waals surface area (Å²) >= 11 is 0. The average Bonchev–Trinajstić information content (AvgIpc) is 2.09. The van der Waals surface area contributed by atoms with Gasteiger partial charge in [0.2, 0.25) is 0 Å². The maximum Gasteiger partial charge on any atom is 0.304 e. The molecule has 90 valence electrons. The van der Waals surface area contributed by atoms with Crippen molar-refractivity contribution in [3.63, 3.8) is 0 Å². The molecule has 0 aliphatic heterocycles. The van der Waals surface area contributed by atoms with Gasteiger partial charge in [0.05, 0.1) is 13.0 Å². The summed E-state index contributed by atoms with van der Waals surface area (Å²) in [6.07, 6.45) is 4.61. The summed E-state index contributed by atoms with van der Waals surface area (Å²) in [7, 11) is 0. The van der Waals surface area contributed by atoms with Crippen molar-refractivity contribution in [1.82, 2.24) is 0 Å². The van der Waals surface area contributed by atoms with E-state index in [0.717, 1.165) is 32.2 Å². The van der Waals surface area contributed by atoms with Crippen LogP contribution in [0.2, 0.25) is 0 Å². The number of hydrogen-bond acceptors (Lipinski definition) is 1. The molecule has 0 amide bonds. The fourth-order valence-electron chi connectivity index (χ4n) is 2.29. The fourth-order valence-corrected chi connectivity index (χ4v) is 2.29. The van der Waals surface area contributed by atoms with Gasteiger partial charge in [-0.2, -0.15) is 0 Å². The minimum atomic E-state index is -0.673. The van der Waals surface area contributed by atoms with Gasteiger partial charge in [0.25, 0.3) is 0 Å². The van der Waals surface area contributed by atoms with Crippen LogP contribution in [-0.2, 0) is 4.79 Å². The van der Waals surface area contributed by atoms with Crippen LogP contribution in [0.4, 0.5) is 0 Å². The molecular formula is C11H22ClNO2. The van der Waals surface area contributed by atoms with Gasteiger partial charge >= 0.3 is 5.97 Å². The molecule has 0 saturated heterocycles. The van der Waals surface area contributed by atoms with E-state index in [1.54, 1.807) is 0 Å². The van der Waals surface area contributed by atoms with Crippen molar-refractivity contribution in [3.8, 4) is 0 Å². The quantitative estimate of drug-likeness (QED) is 0.612. The second-order valence-electron chi connectivity index (χ2n) is 5.48. The van der Waals surface area contributed by atoms with Gasteiger partial charge in [-0.3, -0.25) is 4.79 Å². The van der Waals surface area contributed by atoms with E-state index in [1.807, 2.05) is 0 Å². The van der Waals surface area contributed by atoms with Crippen molar-refractivity contribution in [1.29, 1.82) is 0 Å². The van der Waals surface area contributed by atoms with Gasteiger partial charge in [0, 0.05) is 5.41 Å². The minimum Gasteiger partial charge on any atom is -1.00 e. The van der Waals surface area contributed by atoms with Crippen molar-refractivity contribution < 1.29 is 28.0 Å². The van der Waals surface area contributed by atoms with E-state index in [4.69, 9.17) is 5.11 Å². The molecule has 1 aliphatic rings. The predicted molar refractivity (Wildman–Crippen MR) is 54.7 cm³/mol. The molecule has 3 nitrogen and oxygen atoms in total. The first kappa shape index (κ1) is 14.7. The van der Waals surface area contributed by atoms with Gasteiger partial charge in [-0.15, -0.1) is 0 Å². The highest BCUT2D eigenvalue weighted by Crippen LogP contribution is 2.45. The Kier molecular flexibility index (Phi) is 5.07. The van der Waals surface area contributed by atoms with Crippen LogP contribution in [0.15, 0.2) is 0 Å². The van der Waals surface area contributed by atoms with Crippen molar-refractivity contribution in [2.75, 3.05) is 6.54 Å². The Morgan fingerprint density at radius 1 is 1.27 bits per heavy atom. The molecule has 15 heavy (non-hydrogen) atoms. The molecule has 1 saturated carbocycles. The third-order valence-electron chi connectivity index (χ3n) is 3.72. The molecule has 0 heterocycles. The Labute approximate surface area is 97.8 Å². The monoisotopic (exact) mass is 235 g/mol. The van der Waals surface area contributed by atoms with E-state index in [1.165, 1.54) is 0 Å². The Morgan fingerprint density at radius 2 is 1.73 bits per heavy atom. The molecule has 0 bridgehead atoms. The first-order valence-corrected chi connectivity index (χ1v) is 5.40. The van der Waals surface area contributed by atoms with Gasteiger partial charge in [-0.1, -0.05) is 13.8 Å². The number of carbonyl (C=O) groups is 1. The number of halogens is 1. The maximum atomic E-state index is 10.8. The van der Waals surface area contributed by atoms with Crippen molar-refractivity contribution in [2.24, 2.45) is 10.8 Å². The normalized spacial score (nSPS) is 22.9. The van der Waals surface area contributed by atoms with Crippen LogP contribution in [0.5, 0.6) is 0 Å². The highest BCUT2D eigenvalue weighted by atomic mass is 35.5. The summed E-state index contributed by atoms with van der Waals surface area (Å²) < 4.78 is 0. The summed E-state index contributed by atoms with van der Waals surface area (Å²) in [5.41, 5.74) is 4.31. The van der Waals surface area contributed by atoms with Gasteiger partial charge in [-0.05, 0) is 31.1 Å². The van der Waals surface area contributed by atoms with Crippen LogP contribution < -0.4 is 18.1 Å². The highest BCUT2D eigenvalue weighted by Gasteiger charge is 2.40. The smallest absolute Gasteiger partial charge is 0.304 e. The van der Waals surface area contributed by atoms with Crippen LogP contribution in [0, 0.1) is 10.8 Å². The summed E-state index contributed by atoms with van der Waals surface area (Å²) in [4.78, 5) is 10.8. The van der Waals surface area contributed by atoms with E-state index in [2.05, 4.69) is 19.6 Å². The van der Waals surface area contributed by atoms with Crippen LogP contribution in [0.25, 0.3) is 0 Å². The van der Waals surface area contributed by atoms with Crippen LogP contribution in [0.3, 0.4) is 0 Å². The molecular weight excluding hydrogens is 214 g/mol. The van der Waals surface area contributed by atoms with Crippen molar-refractivity contribution in [2.45, 2.75) is 46.0 Å². The molecule has 0 radical (unpaired) electrons. The number of rotatable bonds is 3. The molecule has 0 aromatic heterocycles. The fraction of sp³-hybridized carbons (Fsp3) is 0.909. The van der Waals surface area contributed by atoms with E-state index < -0.39 is 5.97 Å². The number of carboxylic acids is 1. The highest BCUT2D eigenvalue weighted by molar-refractivity contribution is 5.67. The summed E-state index contributed by atoms with van der Waals surface area (Å²) in [6, 6.07) is 0. The summed E-state index contributed by atoms with van der Waals surface area (Å²) in [5, 5.41) is 8.86. The largest absolute Gasteiger partial charge is 1.00 e. The second kappa shape index (κ2) is 5.17. The molecule has 1 rings (SSSR count). The zero-order valence-electron chi connectivity index (χ0n) is 9.68. The topological polar surface area (TPSA) is 64.9 Å². The van der Waals surface area contributed by atoms with Crippen molar-refractivity contribution >= 4 is 5.97 Å². The Hall–Kier alpha value is -0.280. The van der Waals surface area contributed by atoms with E-state index in [0.29, 0.717) is 11.8 Å². The lowest BCUT2D eigenvalue weighted by Crippen LogP contribution is -3.00. The number of quaternary nitrogens is 1. The maximum absolute atomic E-state index is 10.8. The minimum absolute atomic E-state index is 0. The second-order valence-corrected chi connectivity index (χ2v) is 5.48. The third-order valence-corrected chi connectivity index (χ3v) is 3.72. The number of carboxylic acid groups (broad SMARTS) is 1. The van der Waals surface area contributed by atoms with Crippen molar-refractivity contribution in [3.05, 3.63) is 0 Å². The molecule has 1 aliphatic carbocycles. The van der Waals surface area contributed by atoms with Gasteiger partial charge in [-0.25, -0.2) is 0 Å². The molecule has 0 unspecified atom stereocenters. The Morgan fingerprint density at radius 3 is 2.07 bits per heavy atom. The zero-order chi connectivity index (χ0) is 10.8. The molecule has 0 aromatic rings. The molecule has 0 aromatic carbocycles. The molecule has 0 spiro atoms. The van der Waals surface area contributed by atoms with E-state index in [-0.39, 0.29) is 17.8 Å². The average molecular weight is 236 g/mol. The Balaban J connectivity index is 0.00000196. The summed E-state index contributed by atoms with van der Waals surface area (Å²) in [5.74, 6) is -0.673. The zero-order valence-corrected chi connectivity index (χ0v) is 10.4. The standard InChI is InChI=1S/C11H21NO2.ClH/c1-10(2)3-5-11(8-12,6-4-10)7-9(13)14;/h3-8,12H2,1-2H3,(H,13,14);1H. The predicted octanol–water partition coefficient (Wildman–Crippen LogP) is -1.71. The lowest BCUT2D eigenvalue weighted by Gasteiger charge is -2.40. The van der Waals surface area contributed by atoms with Gasteiger partial charge < -0.3 is 23.2 Å². The molecule has 4 N–H and O–H groups in total. The SMILES string of the molecule is CC1(C)CCC(C[NH3+])(CC(=O)O)CC1.[Cl-]. The van der Waals surface area contributed by atoms with Gasteiger partial charge in [0.15, 0.2) is 0 Å². The molecule has 0 atom stereocenters. The lowest BCUT2D eigenvalue weighted by atomic mass is 9.64. The first-order valence-electron chi connectivity index (χ1n) is 5.40. The van der Waals surface area contributed by atoms with Crippen LogP contribution in [-0.4, -0.2) is 17.6 Å². The number of hydrogen-bond donors (Lipinski definition) is 2. The molecule has 4 heteroatoms. The van der Waals surface area contributed by atoms with Gasteiger partial charge in [0.1, 0.15) is 0 Å². The first-order chi connectivity index (χ1) is 6.39. The van der Waals surface area contributed by atoms with Crippen LogP contribution >= 0.6 is 0 Å². The van der Waals surface area contributed by atoms with E-state index >= 15 is 0 Å².